The molecule has 2 aliphatic heterocycles. The minimum absolute atomic E-state index is 0.0248. The topological polar surface area (TPSA) is 136 Å². The summed E-state index contributed by atoms with van der Waals surface area (Å²) in [5, 5.41) is 24.6. The maximum atomic E-state index is 14.0. The molecule has 11 nitrogen and oxygen atoms in total. The first-order chi connectivity index (χ1) is 26.9. The number of aldehydes is 1. The standard InChI is InChI=1S/C44H56N2O9/c1-3-22-52-44-39(46(2)43(50)30-16-17-30)27-37(45-55-40-15-6-9-23-51-40)35-25-31(12-4-7-20-47)34(14-5-8-21-48)41(42(35)44)36-26-33(18-19-38(36)54-44)53-32-13-10-11-29(24-32)28-49/h3,10-11,13,18-19,24-26,28,30-31,34,39-42,47-48H,1,4-9,12,14-17,20-23,27H2,2H3. The monoisotopic (exact) mass is 756 g/mol. The van der Waals surface area contributed by atoms with Crippen molar-refractivity contribution in [3.8, 4) is 17.2 Å². The molecule has 1 amide bonds. The van der Waals surface area contributed by atoms with Crippen LogP contribution in [0, 0.1) is 23.7 Å². The zero-order valence-electron chi connectivity index (χ0n) is 32.0. The van der Waals surface area contributed by atoms with Crippen LogP contribution in [0.1, 0.15) is 98.9 Å². The maximum absolute atomic E-state index is 14.0. The Morgan fingerprint density at radius 3 is 2.56 bits per heavy atom. The highest BCUT2D eigenvalue weighted by molar-refractivity contribution is 6.03. The summed E-state index contributed by atoms with van der Waals surface area (Å²) < 4.78 is 26.5. The number of fused-ring (bicyclic) bond motifs is 2. The van der Waals surface area contributed by atoms with Crippen LogP contribution >= 0.6 is 0 Å². The van der Waals surface area contributed by atoms with Gasteiger partial charge in [-0.15, -0.1) is 6.58 Å². The molecule has 2 heterocycles. The Balaban J connectivity index is 1.40. The summed E-state index contributed by atoms with van der Waals surface area (Å²) in [5.74, 6) is 0.199. The summed E-state index contributed by atoms with van der Waals surface area (Å²) in [5.41, 5.74) is 3.22. The quantitative estimate of drug-likeness (QED) is 0.0694. The van der Waals surface area contributed by atoms with Crippen molar-refractivity contribution in [3.63, 3.8) is 0 Å². The number of aliphatic hydroxyl groups excluding tert-OH is 2. The zero-order valence-corrected chi connectivity index (χ0v) is 32.0. The molecule has 2 N–H and O–H groups in total. The molecule has 7 unspecified atom stereocenters. The number of hydrogen-bond donors (Lipinski definition) is 2. The third-order valence-electron chi connectivity index (χ3n) is 12.0. The van der Waals surface area contributed by atoms with Crippen LogP contribution in [-0.4, -0.2) is 84.6 Å². The number of carbonyl (C=O) groups excluding carboxylic acids is 2. The first-order valence-corrected chi connectivity index (χ1v) is 20.3. The maximum Gasteiger partial charge on any atom is 0.239 e. The lowest BCUT2D eigenvalue weighted by Crippen LogP contribution is -2.69. The second kappa shape index (κ2) is 17.8. The number of benzene rings is 2. The Morgan fingerprint density at radius 1 is 1.04 bits per heavy atom. The molecule has 55 heavy (non-hydrogen) atoms. The molecule has 2 aromatic rings. The lowest BCUT2D eigenvalue weighted by molar-refractivity contribution is -0.256. The van der Waals surface area contributed by atoms with Gasteiger partial charge in [-0.1, -0.05) is 42.3 Å². The van der Waals surface area contributed by atoms with Crippen molar-refractivity contribution in [2.75, 3.05) is 33.5 Å². The predicted octanol–water partition coefficient (Wildman–Crippen LogP) is 7.32. The molecule has 296 valence electrons. The molecule has 7 atom stereocenters. The second-order valence-electron chi connectivity index (χ2n) is 15.7. The molecule has 1 saturated heterocycles. The number of oxime groups is 1. The second-order valence-corrected chi connectivity index (χ2v) is 15.7. The number of ether oxygens (including phenoxy) is 4. The van der Waals surface area contributed by atoms with Crippen LogP contribution in [0.15, 0.2) is 71.9 Å². The number of hydrogen-bond acceptors (Lipinski definition) is 10. The normalized spacial score (nSPS) is 28.9. The van der Waals surface area contributed by atoms with Gasteiger partial charge in [-0.3, -0.25) is 9.59 Å². The minimum Gasteiger partial charge on any atom is -0.459 e. The van der Waals surface area contributed by atoms with Crippen LogP contribution < -0.4 is 9.47 Å². The zero-order chi connectivity index (χ0) is 38.4. The van der Waals surface area contributed by atoms with Crippen molar-refractivity contribution in [2.24, 2.45) is 28.8 Å². The molecule has 5 aliphatic rings. The minimum atomic E-state index is -1.29. The molecule has 0 spiro atoms. The van der Waals surface area contributed by atoms with Gasteiger partial charge in [0.1, 0.15) is 29.6 Å². The Bertz CT molecular complexity index is 1730. The summed E-state index contributed by atoms with van der Waals surface area (Å²) in [6, 6.07) is 12.4. The molecule has 0 radical (unpaired) electrons. The Hall–Kier alpha value is -4.03. The summed E-state index contributed by atoms with van der Waals surface area (Å²) in [4.78, 5) is 33.6. The van der Waals surface area contributed by atoms with Crippen LogP contribution in [-0.2, 0) is 19.1 Å². The van der Waals surface area contributed by atoms with E-state index >= 15 is 0 Å². The summed E-state index contributed by atoms with van der Waals surface area (Å²) in [7, 11) is 1.86. The molecular formula is C44H56N2O9. The van der Waals surface area contributed by atoms with Crippen molar-refractivity contribution in [3.05, 3.63) is 77.9 Å². The number of nitrogens with zero attached hydrogens (tertiary/aromatic N) is 2. The third-order valence-corrected chi connectivity index (χ3v) is 12.0. The van der Waals surface area contributed by atoms with Gasteiger partial charge in [0, 0.05) is 56.1 Å². The first kappa shape index (κ1) is 39.2. The number of amides is 1. The number of unbranched alkanes of at least 4 members (excludes halogenated alkanes) is 2. The number of rotatable bonds is 18. The van der Waals surface area contributed by atoms with Gasteiger partial charge in [-0.2, -0.15) is 0 Å². The molecule has 0 bridgehead atoms. The van der Waals surface area contributed by atoms with Crippen LogP contribution in [0.25, 0.3) is 0 Å². The summed E-state index contributed by atoms with van der Waals surface area (Å²) in [6.45, 7) is 5.06. The average molecular weight is 757 g/mol. The van der Waals surface area contributed by atoms with Crippen LogP contribution in [0.4, 0.5) is 0 Å². The Morgan fingerprint density at radius 2 is 1.84 bits per heavy atom. The summed E-state index contributed by atoms with van der Waals surface area (Å²) in [6.07, 6.45) is 14.0. The van der Waals surface area contributed by atoms with Crippen molar-refractivity contribution >= 4 is 17.9 Å². The van der Waals surface area contributed by atoms with Gasteiger partial charge >= 0.3 is 0 Å². The van der Waals surface area contributed by atoms with Crippen molar-refractivity contribution < 1.29 is 43.6 Å². The van der Waals surface area contributed by atoms with Gasteiger partial charge < -0.3 is 38.9 Å². The van der Waals surface area contributed by atoms with Crippen LogP contribution in [0.3, 0.4) is 0 Å². The smallest absolute Gasteiger partial charge is 0.239 e. The Labute approximate surface area is 324 Å². The van der Waals surface area contributed by atoms with Gasteiger partial charge in [0.2, 0.25) is 18.0 Å². The number of likely N-dealkylation sites (N-methyl/N-ethyl adjacent to an activating group) is 1. The average Bonchev–Trinajstić information content (AvgIpc) is 4.07. The van der Waals surface area contributed by atoms with E-state index in [1.807, 2.05) is 36.2 Å². The van der Waals surface area contributed by atoms with E-state index in [1.165, 1.54) is 0 Å². The number of aliphatic hydroxyl groups is 2. The van der Waals surface area contributed by atoms with Crippen molar-refractivity contribution in [1.29, 1.82) is 0 Å². The lowest BCUT2D eigenvalue weighted by atomic mass is 9.55. The fraction of sp³-hybridized carbons (Fsp3) is 0.568. The van der Waals surface area contributed by atoms with E-state index in [9.17, 15) is 19.8 Å². The first-order valence-electron chi connectivity index (χ1n) is 20.3. The SMILES string of the molecule is C=CCOC12Oc3ccc(Oc4cccc(C=O)c4)cc3C3C(CCCCO)C(CCCCO)C=C(C(=NOC4CCCCO4)CC1N(C)C(=O)C1CC1)C32. The van der Waals surface area contributed by atoms with E-state index in [4.69, 9.17) is 28.9 Å². The Kier molecular flexibility index (Phi) is 12.7. The van der Waals surface area contributed by atoms with Gasteiger partial charge in [0.15, 0.2) is 0 Å². The van der Waals surface area contributed by atoms with Gasteiger partial charge in [-0.05, 0) is 99.1 Å². The fourth-order valence-corrected chi connectivity index (χ4v) is 9.27. The van der Waals surface area contributed by atoms with Crippen molar-refractivity contribution in [2.45, 2.75) is 101 Å². The van der Waals surface area contributed by atoms with Gasteiger partial charge in [0.25, 0.3) is 0 Å². The largest absolute Gasteiger partial charge is 0.459 e. The van der Waals surface area contributed by atoms with Gasteiger partial charge in [-0.25, -0.2) is 0 Å². The van der Waals surface area contributed by atoms with E-state index in [2.05, 4.69) is 12.7 Å². The fourth-order valence-electron chi connectivity index (χ4n) is 9.27. The number of allylic oxidation sites excluding steroid dienone is 1. The molecule has 2 aromatic carbocycles. The van der Waals surface area contributed by atoms with Gasteiger partial charge in [0.05, 0.1) is 24.8 Å². The van der Waals surface area contributed by atoms with E-state index in [-0.39, 0.29) is 49.4 Å². The molecule has 7 rings (SSSR count). The third kappa shape index (κ3) is 8.40. The molecule has 11 heteroatoms. The van der Waals surface area contributed by atoms with E-state index in [0.717, 1.165) is 80.9 Å². The molecule has 2 saturated carbocycles. The van der Waals surface area contributed by atoms with Crippen LogP contribution in [0.2, 0.25) is 0 Å². The van der Waals surface area contributed by atoms with Crippen molar-refractivity contribution in [1.82, 2.24) is 4.90 Å². The van der Waals surface area contributed by atoms with E-state index < -0.39 is 24.0 Å². The highest BCUT2D eigenvalue weighted by Gasteiger charge is 2.65. The molecular weight excluding hydrogens is 700 g/mol. The highest BCUT2D eigenvalue weighted by atomic mass is 16.8. The summed E-state index contributed by atoms with van der Waals surface area (Å²) >= 11 is 0. The molecule has 3 aliphatic carbocycles. The number of carbonyl (C=O) groups is 2. The molecule has 0 aromatic heterocycles. The van der Waals surface area contributed by atoms with Crippen LogP contribution in [0.5, 0.6) is 17.2 Å². The molecule has 3 fully saturated rings. The lowest BCUT2D eigenvalue weighted by Gasteiger charge is -2.59. The predicted molar refractivity (Wildman–Crippen MR) is 207 cm³/mol. The van der Waals surface area contributed by atoms with E-state index in [1.54, 1.807) is 24.3 Å². The highest BCUT2D eigenvalue weighted by Crippen LogP contribution is 2.62. The van der Waals surface area contributed by atoms with E-state index in [0.29, 0.717) is 48.7 Å².